The van der Waals surface area contributed by atoms with Crippen molar-refractivity contribution in [2.45, 2.75) is 55.4 Å². The van der Waals surface area contributed by atoms with Crippen molar-refractivity contribution in [3.8, 4) is 0 Å². The predicted octanol–water partition coefficient (Wildman–Crippen LogP) is 11.0. The number of anilines is 6. The van der Waals surface area contributed by atoms with Crippen molar-refractivity contribution in [3.63, 3.8) is 0 Å². The normalized spacial score (nSPS) is 8.20. The van der Waals surface area contributed by atoms with Crippen molar-refractivity contribution in [2.75, 3.05) is 21.5 Å². The fourth-order valence-electron chi connectivity index (χ4n) is 2.20. The molecule has 0 aliphatic heterocycles. The summed E-state index contributed by atoms with van der Waals surface area (Å²) in [7, 11) is 0.628. The number of hydrazine groups is 2. The Labute approximate surface area is 346 Å². The maximum absolute atomic E-state index is 5.70. The molecule has 46 heavy (non-hydrogen) atoms. The third-order valence-corrected chi connectivity index (χ3v) is 3.67. The van der Waals surface area contributed by atoms with Gasteiger partial charge in [0.2, 0.25) is 29.1 Å². The van der Waals surface area contributed by atoms with E-state index in [9.17, 15) is 0 Å². The Morgan fingerprint density at radius 1 is 0.587 bits per heavy atom. The molecular formula is C26H43ClI5N12V2. The van der Waals surface area contributed by atoms with Gasteiger partial charge in [-0.25, -0.2) is 21.7 Å². The molecular weight excluding hydrogens is 1250 g/mol. The number of para-hydroxylation sites is 2. The van der Waals surface area contributed by atoms with E-state index in [1.54, 1.807) is 0 Å². The van der Waals surface area contributed by atoms with E-state index in [2.05, 4.69) is 151 Å². The Morgan fingerprint density at radius 2 is 0.913 bits per heavy atom. The van der Waals surface area contributed by atoms with Gasteiger partial charge in [0.05, 0.1) is 0 Å². The fourth-order valence-corrected chi connectivity index (χ4v) is 2.36. The van der Waals surface area contributed by atoms with Crippen LogP contribution in [0, 0.1) is 0 Å². The zero-order valence-electron chi connectivity index (χ0n) is 26.9. The minimum atomic E-state index is -0.278. The number of halogens is 6. The van der Waals surface area contributed by atoms with Crippen LogP contribution >= 0.6 is 111 Å². The van der Waals surface area contributed by atoms with Gasteiger partial charge in [0, 0.05) is 11.4 Å². The molecule has 2 heterocycles. The molecule has 20 heteroatoms. The second kappa shape index (κ2) is 41.9. The minimum absolute atomic E-state index is 0.0707. The number of nitrogen functional groups attached to an aromatic ring is 2. The second-order valence-electron chi connectivity index (χ2n) is 5.91. The van der Waals surface area contributed by atoms with Gasteiger partial charge < -0.3 is 10.6 Å². The number of aromatic nitrogens is 6. The Hall–Kier alpha value is 0.689. The van der Waals surface area contributed by atoms with Gasteiger partial charge in [-0.1, -0.05) is 91.8 Å². The molecule has 4 aromatic rings. The number of benzene rings is 2. The van der Waals surface area contributed by atoms with Crippen molar-refractivity contribution in [1.82, 2.24) is 29.9 Å². The molecule has 0 aliphatic carbocycles. The standard InChI is InChI=1S/C9H9ClN6.C9H10N6.4C2H6.5HI.2V/c10-7-13-8(15-9(14-7)16-11)12-6-4-2-1-3-5-6;10-15-9-12-6-11-8(14-9)13-7-4-2-1-3-5-7;4*1-2;;;;;;;/h1-5H,11H2,(H2,12,13,14,15,16);1-6H,10H2,(H2,11,12,13,14,15);4*1-2H3;5*1H;;/q;;;;;;;;;;;+2;+3/p-5. The van der Waals surface area contributed by atoms with Gasteiger partial charge in [0.1, 0.15) is 6.33 Å². The molecule has 0 saturated heterocycles. The molecule has 12 nitrogen and oxygen atoms in total. The molecule has 4 rings (SSSR count). The first-order chi connectivity index (χ1) is 22.3. The summed E-state index contributed by atoms with van der Waals surface area (Å²) in [6, 6.07) is 19.1. The Balaban J connectivity index is -0.000000271. The van der Waals surface area contributed by atoms with Crippen LogP contribution in [0.15, 0.2) is 67.0 Å². The van der Waals surface area contributed by atoms with E-state index in [1.165, 1.54) is 6.33 Å². The van der Waals surface area contributed by atoms with Gasteiger partial charge in [0.15, 0.2) is 0 Å². The van der Waals surface area contributed by atoms with Crippen LogP contribution in [0.2, 0.25) is 5.28 Å². The molecule has 0 fully saturated rings. The van der Waals surface area contributed by atoms with E-state index in [1.807, 2.05) is 116 Å². The summed E-state index contributed by atoms with van der Waals surface area (Å²) in [5.74, 6) is 11.7. The molecule has 2 aromatic carbocycles. The summed E-state index contributed by atoms with van der Waals surface area (Å²) in [4.78, 5) is 23.2. The van der Waals surface area contributed by atoms with Gasteiger partial charge >= 0.3 is 114 Å². The Bertz CT molecular complexity index is 1180. The third kappa shape index (κ3) is 33.2. The average molecular weight is 1300 g/mol. The molecule has 0 aliphatic rings. The molecule has 259 valence electrons. The van der Waals surface area contributed by atoms with E-state index in [4.69, 9.17) is 23.3 Å². The Morgan fingerprint density at radius 3 is 1.30 bits per heavy atom. The van der Waals surface area contributed by atoms with Crippen LogP contribution < -0.4 is 33.2 Å². The number of nitrogens with one attached hydrogen (secondary N) is 4. The topological polar surface area (TPSA) is 178 Å². The number of hydrogen-bond donors (Lipinski definition) is 6. The van der Waals surface area contributed by atoms with Crippen LogP contribution in [0.3, 0.4) is 0 Å². The number of hydrogen-bond acceptors (Lipinski definition) is 12. The summed E-state index contributed by atoms with van der Waals surface area (Å²) >= 11 is 17.8. The average Bonchev–Trinajstić information content (AvgIpc) is 3.09. The number of rotatable bonds is 6. The number of nitrogens with two attached hydrogens (primary N) is 2. The van der Waals surface area contributed by atoms with E-state index in [-0.39, 0.29) is 16.2 Å². The van der Waals surface area contributed by atoms with Gasteiger partial charge in [-0.3, -0.25) is 10.9 Å². The van der Waals surface area contributed by atoms with Crippen LogP contribution in [0.25, 0.3) is 0 Å². The summed E-state index contributed by atoms with van der Waals surface area (Å²) in [6.45, 7) is 16.0. The molecule has 0 spiro atoms. The van der Waals surface area contributed by atoms with Crippen molar-refractivity contribution in [2.24, 2.45) is 11.7 Å². The predicted molar refractivity (Wildman–Crippen MR) is 235 cm³/mol. The van der Waals surface area contributed by atoms with Gasteiger partial charge in [0.25, 0.3) is 0 Å². The third-order valence-electron chi connectivity index (χ3n) is 3.50. The SMILES string of the molecule is CC.CC.CC.CC.NNc1nc(Cl)nc(Nc2ccccc2)n1.NNc1ncnc(Nc2ccccc2)n1.[I][V]([I])[I].[I][V][I]. The molecule has 0 atom stereocenters. The van der Waals surface area contributed by atoms with Gasteiger partial charge in [-0.15, -0.1) is 0 Å². The van der Waals surface area contributed by atoms with Crippen molar-refractivity contribution in [3.05, 3.63) is 72.3 Å². The fraction of sp³-hybridized carbons (Fsp3) is 0.308. The molecule has 0 amide bonds. The quantitative estimate of drug-likeness (QED) is 0.0613. The van der Waals surface area contributed by atoms with Crippen LogP contribution in [0.1, 0.15) is 55.4 Å². The van der Waals surface area contributed by atoms with Crippen molar-refractivity contribution >= 4 is 147 Å². The van der Waals surface area contributed by atoms with Crippen molar-refractivity contribution in [1.29, 1.82) is 0 Å². The molecule has 0 bridgehead atoms. The van der Waals surface area contributed by atoms with Crippen LogP contribution in [0.5, 0.6) is 0 Å². The molecule has 0 unspecified atom stereocenters. The molecule has 2 aromatic heterocycles. The maximum atomic E-state index is 5.70. The summed E-state index contributed by atoms with van der Waals surface area (Å²) in [5, 5.41) is 6.07. The first-order valence-corrected chi connectivity index (χ1v) is 36.6. The second-order valence-corrected chi connectivity index (χ2v) is 53.4. The molecule has 8 N–H and O–H groups in total. The number of nitrogens with zero attached hydrogens (tertiary/aromatic N) is 6. The monoisotopic (exact) mass is 1290 g/mol. The summed E-state index contributed by atoms with van der Waals surface area (Å²) < 4.78 is 0. The first-order valence-electron chi connectivity index (χ1n) is 13.7. The zero-order chi connectivity index (χ0) is 36.2. The zero-order valence-corrected chi connectivity index (χ0v) is 41.2. The summed E-state index contributed by atoms with van der Waals surface area (Å²) in [5.41, 5.74) is 6.42. The van der Waals surface area contributed by atoms with Crippen molar-refractivity contribution < 1.29 is 14.4 Å². The Kier molecular flexibility index (Phi) is 48.7. The van der Waals surface area contributed by atoms with Gasteiger partial charge in [-0.2, -0.15) is 19.9 Å². The molecule has 0 radical (unpaired) electrons. The van der Waals surface area contributed by atoms with Crippen LogP contribution in [-0.2, 0) is 14.4 Å². The van der Waals surface area contributed by atoms with Crippen LogP contribution in [0.4, 0.5) is 35.2 Å². The summed E-state index contributed by atoms with van der Waals surface area (Å²) in [6.07, 6.45) is 1.38. The van der Waals surface area contributed by atoms with E-state index >= 15 is 0 Å². The van der Waals surface area contributed by atoms with E-state index in [0.29, 0.717) is 27.3 Å². The van der Waals surface area contributed by atoms with Crippen LogP contribution in [-0.4, -0.2) is 29.9 Å². The first kappa shape index (κ1) is 53.5. The van der Waals surface area contributed by atoms with E-state index in [0.717, 1.165) is 11.4 Å². The molecule has 0 saturated carbocycles. The van der Waals surface area contributed by atoms with E-state index < -0.39 is 0 Å². The van der Waals surface area contributed by atoms with Gasteiger partial charge in [-0.05, 0) is 35.9 Å².